The number of carbonyl (C=O) groups is 1. The number of carbonyl (C=O) groups excluding carboxylic acids is 1. The molecule has 23 heavy (non-hydrogen) atoms. The molecule has 120 valence electrons. The zero-order valence-corrected chi connectivity index (χ0v) is 14.1. The number of aryl methyl sites for hydroxylation is 2. The maximum atomic E-state index is 12.1. The van der Waals surface area contributed by atoms with E-state index in [1.165, 1.54) is 6.08 Å². The normalized spacial score (nSPS) is 11.0. The van der Waals surface area contributed by atoms with Gasteiger partial charge in [-0.15, -0.1) is 0 Å². The lowest BCUT2D eigenvalue weighted by Crippen LogP contribution is -2.09. The molecule has 0 aromatic heterocycles. The predicted octanol–water partition coefficient (Wildman–Crippen LogP) is 4.74. The van der Waals surface area contributed by atoms with Gasteiger partial charge in [-0.25, -0.2) is 0 Å². The average Bonchev–Trinajstić information content (AvgIpc) is 2.49. The van der Waals surface area contributed by atoms with E-state index >= 15 is 0 Å². The molecular formula is C20H23NO2. The van der Waals surface area contributed by atoms with Crippen LogP contribution in [0.4, 0.5) is 5.69 Å². The predicted molar refractivity (Wildman–Crippen MR) is 95.8 cm³/mol. The maximum Gasteiger partial charge on any atom is 0.248 e. The molecule has 0 spiro atoms. The number of benzene rings is 2. The Morgan fingerprint density at radius 2 is 1.91 bits per heavy atom. The van der Waals surface area contributed by atoms with Crippen molar-refractivity contribution in [2.24, 2.45) is 0 Å². The first kappa shape index (κ1) is 16.8. The molecule has 3 heteroatoms. The summed E-state index contributed by atoms with van der Waals surface area (Å²) in [5.74, 6) is 0.658. The quantitative estimate of drug-likeness (QED) is 0.810. The highest BCUT2D eigenvalue weighted by Gasteiger charge is 2.02. The molecule has 1 amide bonds. The van der Waals surface area contributed by atoms with Gasteiger partial charge in [-0.1, -0.05) is 24.3 Å². The average molecular weight is 309 g/mol. The summed E-state index contributed by atoms with van der Waals surface area (Å²) in [4.78, 5) is 12.1. The molecular weight excluding hydrogens is 286 g/mol. The molecule has 3 nitrogen and oxygen atoms in total. The Morgan fingerprint density at radius 3 is 2.65 bits per heavy atom. The first-order valence-corrected chi connectivity index (χ1v) is 7.77. The Balaban J connectivity index is 2.05. The minimum Gasteiger partial charge on any atom is -0.491 e. The molecule has 0 bridgehead atoms. The summed E-state index contributed by atoms with van der Waals surface area (Å²) < 4.78 is 5.65. The third kappa shape index (κ3) is 5.29. The van der Waals surface area contributed by atoms with Crippen LogP contribution in [0.15, 0.2) is 48.5 Å². The fraction of sp³-hybridized carbons (Fsp3) is 0.250. The van der Waals surface area contributed by atoms with Crippen LogP contribution in [0.2, 0.25) is 0 Å². The van der Waals surface area contributed by atoms with Crippen LogP contribution in [0.3, 0.4) is 0 Å². The van der Waals surface area contributed by atoms with Gasteiger partial charge in [0.25, 0.3) is 0 Å². The van der Waals surface area contributed by atoms with E-state index in [4.69, 9.17) is 4.74 Å². The molecule has 0 fully saturated rings. The summed E-state index contributed by atoms with van der Waals surface area (Å²) in [6.07, 6.45) is 3.45. The van der Waals surface area contributed by atoms with E-state index in [0.717, 1.165) is 28.1 Å². The van der Waals surface area contributed by atoms with Crippen molar-refractivity contribution in [3.05, 3.63) is 65.2 Å². The molecule has 0 radical (unpaired) electrons. The fourth-order valence-corrected chi connectivity index (χ4v) is 2.18. The van der Waals surface area contributed by atoms with Crippen LogP contribution >= 0.6 is 0 Å². The van der Waals surface area contributed by atoms with E-state index in [0.29, 0.717) is 0 Å². The van der Waals surface area contributed by atoms with Gasteiger partial charge >= 0.3 is 0 Å². The summed E-state index contributed by atoms with van der Waals surface area (Å²) in [5.41, 5.74) is 3.94. The lowest BCUT2D eigenvalue weighted by molar-refractivity contribution is -0.111. The molecule has 2 aromatic rings. The topological polar surface area (TPSA) is 38.3 Å². The third-order valence-corrected chi connectivity index (χ3v) is 3.31. The highest BCUT2D eigenvalue weighted by Crippen LogP contribution is 2.18. The second-order valence-corrected chi connectivity index (χ2v) is 5.88. The van der Waals surface area contributed by atoms with Crippen LogP contribution in [0.25, 0.3) is 6.08 Å². The van der Waals surface area contributed by atoms with Crippen molar-refractivity contribution in [1.82, 2.24) is 0 Å². The van der Waals surface area contributed by atoms with E-state index < -0.39 is 0 Å². The van der Waals surface area contributed by atoms with Gasteiger partial charge in [0.1, 0.15) is 5.75 Å². The van der Waals surface area contributed by atoms with Gasteiger partial charge in [-0.05, 0) is 68.7 Å². The zero-order valence-electron chi connectivity index (χ0n) is 14.1. The largest absolute Gasteiger partial charge is 0.491 e. The lowest BCUT2D eigenvalue weighted by Gasteiger charge is -2.09. The van der Waals surface area contributed by atoms with Crippen LogP contribution in [0.5, 0.6) is 5.75 Å². The smallest absolute Gasteiger partial charge is 0.248 e. The van der Waals surface area contributed by atoms with Gasteiger partial charge in [0.2, 0.25) is 5.91 Å². The van der Waals surface area contributed by atoms with E-state index in [-0.39, 0.29) is 12.0 Å². The molecule has 0 atom stereocenters. The standard InChI is InChI=1S/C20H23NO2/c1-14(2)23-18-7-5-6-17(13-18)10-11-20(22)21-19-12-15(3)8-9-16(19)4/h5-14H,1-4H3,(H,21,22)/b11-10+. The van der Waals surface area contributed by atoms with Gasteiger partial charge < -0.3 is 10.1 Å². The number of hydrogen-bond acceptors (Lipinski definition) is 2. The van der Waals surface area contributed by atoms with Crippen molar-refractivity contribution >= 4 is 17.7 Å². The molecule has 0 unspecified atom stereocenters. The number of anilines is 1. The minimum absolute atomic E-state index is 0.127. The third-order valence-electron chi connectivity index (χ3n) is 3.31. The molecule has 2 rings (SSSR count). The molecule has 0 aliphatic heterocycles. The Hall–Kier alpha value is -2.55. The molecule has 0 aliphatic carbocycles. The molecule has 1 N–H and O–H groups in total. The maximum absolute atomic E-state index is 12.1. The summed E-state index contributed by atoms with van der Waals surface area (Å²) >= 11 is 0. The second-order valence-electron chi connectivity index (χ2n) is 5.88. The summed E-state index contributed by atoms with van der Waals surface area (Å²) in [7, 11) is 0. The molecule has 0 heterocycles. The van der Waals surface area contributed by atoms with Crippen molar-refractivity contribution in [1.29, 1.82) is 0 Å². The highest BCUT2D eigenvalue weighted by molar-refractivity contribution is 6.02. The van der Waals surface area contributed by atoms with Crippen molar-refractivity contribution in [3.8, 4) is 5.75 Å². The molecule has 0 aliphatic rings. The van der Waals surface area contributed by atoms with Crippen LogP contribution in [-0.4, -0.2) is 12.0 Å². The Bertz CT molecular complexity index is 717. The summed E-state index contributed by atoms with van der Waals surface area (Å²) in [6, 6.07) is 13.7. The van der Waals surface area contributed by atoms with E-state index in [2.05, 4.69) is 5.32 Å². The SMILES string of the molecule is Cc1ccc(C)c(NC(=O)/C=C/c2cccc(OC(C)C)c2)c1. The van der Waals surface area contributed by atoms with Crippen LogP contribution in [0.1, 0.15) is 30.5 Å². The van der Waals surface area contributed by atoms with Crippen molar-refractivity contribution in [2.75, 3.05) is 5.32 Å². The molecule has 0 saturated heterocycles. The summed E-state index contributed by atoms with van der Waals surface area (Å²) in [6.45, 7) is 7.96. The van der Waals surface area contributed by atoms with Gasteiger partial charge in [0.05, 0.1) is 6.10 Å². The highest BCUT2D eigenvalue weighted by atomic mass is 16.5. The van der Waals surface area contributed by atoms with Crippen molar-refractivity contribution in [2.45, 2.75) is 33.8 Å². The monoisotopic (exact) mass is 309 g/mol. The van der Waals surface area contributed by atoms with Gasteiger partial charge in [-0.3, -0.25) is 4.79 Å². The number of hydrogen-bond donors (Lipinski definition) is 1. The fourth-order valence-electron chi connectivity index (χ4n) is 2.18. The number of rotatable bonds is 5. The molecule has 2 aromatic carbocycles. The van der Waals surface area contributed by atoms with E-state index in [1.54, 1.807) is 6.08 Å². The van der Waals surface area contributed by atoms with Crippen LogP contribution < -0.4 is 10.1 Å². The number of nitrogens with one attached hydrogen (secondary N) is 1. The first-order chi connectivity index (χ1) is 10.9. The molecule has 0 saturated carbocycles. The van der Waals surface area contributed by atoms with E-state index in [9.17, 15) is 4.79 Å². The van der Waals surface area contributed by atoms with Gasteiger partial charge in [-0.2, -0.15) is 0 Å². The zero-order chi connectivity index (χ0) is 16.8. The second kappa shape index (κ2) is 7.63. The number of ether oxygens (including phenoxy) is 1. The van der Waals surface area contributed by atoms with Gasteiger partial charge in [0, 0.05) is 11.8 Å². The van der Waals surface area contributed by atoms with Crippen LogP contribution in [0, 0.1) is 13.8 Å². The van der Waals surface area contributed by atoms with Crippen molar-refractivity contribution < 1.29 is 9.53 Å². The Labute approximate surface area is 138 Å². The van der Waals surface area contributed by atoms with Crippen molar-refractivity contribution in [3.63, 3.8) is 0 Å². The summed E-state index contributed by atoms with van der Waals surface area (Å²) in [5, 5.41) is 2.91. The van der Waals surface area contributed by atoms with Gasteiger partial charge in [0.15, 0.2) is 0 Å². The van der Waals surface area contributed by atoms with E-state index in [1.807, 2.05) is 70.2 Å². The minimum atomic E-state index is -0.145. The Morgan fingerprint density at radius 1 is 1.13 bits per heavy atom. The Kier molecular flexibility index (Phi) is 5.58. The van der Waals surface area contributed by atoms with Crippen LogP contribution in [-0.2, 0) is 4.79 Å². The lowest BCUT2D eigenvalue weighted by atomic mass is 10.1. The number of amides is 1. The first-order valence-electron chi connectivity index (χ1n) is 7.77.